The first-order valence-corrected chi connectivity index (χ1v) is 19.0. The first-order valence-electron chi connectivity index (χ1n) is 17.5. The summed E-state index contributed by atoms with van der Waals surface area (Å²) in [6.45, 7) is 3.64. The fourth-order valence-corrected chi connectivity index (χ4v) is 5.26. The predicted octanol–water partition coefficient (Wildman–Crippen LogP) is 9.90. The molecule has 0 saturated heterocycles. The van der Waals surface area contributed by atoms with Gasteiger partial charge in [-0.3, -0.25) is 14.1 Å². The van der Waals surface area contributed by atoms with E-state index in [0.717, 1.165) is 51.4 Å². The molecule has 9 heteroatoms. The monoisotopic (exact) mass is 632 g/mol. The quantitative estimate of drug-likeness (QED) is 0.0325. The van der Waals surface area contributed by atoms with Crippen LogP contribution in [-0.4, -0.2) is 41.0 Å². The third-order valence-electron chi connectivity index (χ3n) is 7.53. The van der Waals surface area contributed by atoms with Crippen LogP contribution in [0.15, 0.2) is 12.2 Å². The number of rotatable bonds is 32. The molecule has 254 valence electrons. The van der Waals surface area contributed by atoms with E-state index in [-0.39, 0.29) is 19.4 Å². The third kappa shape index (κ3) is 33.5. The van der Waals surface area contributed by atoms with Gasteiger partial charge in [0.05, 0.1) is 6.61 Å². The van der Waals surface area contributed by atoms with Gasteiger partial charge < -0.3 is 19.3 Å². The van der Waals surface area contributed by atoms with Crippen LogP contribution in [0.3, 0.4) is 0 Å². The highest BCUT2D eigenvalue weighted by Crippen LogP contribution is 2.36. The third-order valence-corrected chi connectivity index (χ3v) is 8.02. The lowest BCUT2D eigenvalue weighted by molar-refractivity contribution is -0.161. The summed E-state index contributed by atoms with van der Waals surface area (Å²) in [4.78, 5) is 42.5. The summed E-state index contributed by atoms with van der Waals surface area (Å²) < 4.78 is 26.2. The molecule has 0 fully saturated rings. The smallest absolute Gasteiger partial charge is 0.462 e. The number of hydrogen-bond acceptors (Lipinski definition) is 6. The van der Waals surface area contributed by atoms with Crippen LogP contribution in [0, 0.1) is 0 Å². The molecule has 0 radical (unpaired) electrons. The average Bonchev–Trinajstić information content (AvgIpc) is 2.97. The summed E-state index contributed by atoms with van der Waals surface area (Å²) in [5.41, 5.74) is 0. The number of phosphoric ester groups is 1. The van der Waals surface area contributed by atoms with E-state index in [0.29, 0.717) is 12.8 Å². The Morgan fingerprint density at radius 1 is 0.581 bits per heavy atom. The molecule has 0 aromatic carbocycles. The van der Waals surface area contributed by atoms with Crippen LogP contribution in [0.1, 0.15) is 174 Å². The largest absolute Gasteiger partial charge is 0.469 e. The van der Waals surface area contributed by atoms with Gasteiger partial charge in [0.2, 0.25) is 0 Å². The van der Waals surface area contributed by atoms with E-state index in [9.17, 15) is 14.2 Å². The second-order valence-electron chi connectivity index (χ2n) is 11.8. The Hall–Kier alpha value is -1.21. The summed E-state index contributed by atoms with van der Waals surface area (Å²) >= 11 is 0. The van der Waals surface area contributed by atoms with E-state index in [2.05, 4.69) is 30.5 Å². The highest BCUT2D eigenvalue weighted by Gasteiger charge is 2.22. The second kappa shape index (κ2) is 30.8. The van der Waals surface area contributed by atoms with Crippen molar-refractivity contribution >= 4 is 19.8 Å². The van der Waals surface area contributed by atoms with Gasteiger partial charge >= 0.3 is 19.8 Å². The summed E-state index contributed by atoms with van der Waals surface area (Å²) in [5.74, 6) is -0.891. The van der Waals surface area contributed by atoms with Gasteiger partial charge in [0.25, 0.3) is 0 Å². The van der Waals surface area contributed by atoms with Crippen molar-refractivity contribution in [2.75, 3.05) is 13.2 Å². The van der Waals surface area contributed by atoms with Crippen molar-refractivity contribution in [2.45, 2.75) is 180 Å². The minimum absolute atomic E-state index is 0.214. The molecule has 0 unspecified atom stereocenters. The number of allylic oxidation sites excluding steroid dienone is 2. The Kier molecular flexibility index (Phi) is 29.9. The van der Waals surface area contributed by atoms with Gasteiger partial charge in [0, 0.05) is 12.8 Å². The van der Waals surface area contributed by atoms with Gasteiger partial charge in [-0.2, -0.15) is 0 Å². The number of unbranched alkanes of at least 4 members (excludes halogenated alkanes) is 20. The molecule has 0 spiro atoms. The number of carbonyl (C=O) groups is 2. The van der Waals surface area contributed by atoms with E-state index in [1.54, 1.807) is 0 Å². The van der Waals surface area contributed by atoms with Crippen LogP contribution < -0.4 is 0 Å². The van der Waals surface area contributed by atoms with Gasteiger partial charge in [-0.05, 0) is 38.5 Å². The van der Waals surface area contributed by atoms with Crippen molar-refractivity contribution in [3.05, 3.63) is 12.2 Å². The number of ether oxygens (including phenoxy) is 2. The molecule has 0 aliphatic heterocycles. The number of carbonyl (C=O) groups excluding carboxylic acids is 2. The van der Waals surface area contributed by atoms with Crippen molar-refractivity contribution in [1.82, 2.24) is 0 Å². The highest BCUT2D eigenvalue weighted by molar-refractivity contribution is 7.46. The second-order valence-corrected chi connectivity index (χ2v) is 13.1. The zero-order chi connectivity index (χ0) is 31.9. The molecule has 0 aromatic heterocycles. The van der Waals surface area contributed by atoms with E-state index >= 15 is 0 Å². The first kappa shape index (κ1) is 41.8. The van der Waals surface area contributed by atoms with E-state index in [1.165, 1.54) is 83.5 Å². The zero-order valence-electron chi connectivity index (χ0n) is 27.6. The normalized spacial score (nSPS) is 12.6. The van der Waals surface area contributed by atoms with Crippen molar-refractivity contribution in [1.29, 1.82) is 0 Å². The van der Waals surface area contributed by atoms with E-state index in [1.807, 2.05) is 0 Å². The number of hydrogen-bond donors (Lipinski definition) is 2. The SMILES string of the molecule is CCCCCCC/C=C\CCCCCCCC(=O)OC[C@H](COP(=O)(O)O)OC(=O)CCCCCCCCCCCCC. The molecule has 0 heterocycles. The van der Waals surface area contributed by atoms with Crippen molar-refractivity contribution in [3.8, 4) is 0 Å². The van der Waals surface area contributed by atoms with Crippen LogP contribution in [0.5, 0.6) is 0 Å². The molecule has 0 amide bonds. The Morgan fingerprint density at radius 2 is 0.977 bits per heavy atom. The molecular formula is C34H65O8P. The van der Waals surface area contributed by atoms with Crippen LogP contribution >= 0.6 is 7.82 Å². The van der Waals surface area contributed by atoms with Crippen molar-refractivity contribution in [3.63, 3.8) is 0 Å². The van der Waals surface area contributed by atoms with E-state index < -0.39 is 32.5 Å². The minimum atomic E-state index is -4.74. The Bertz CT molecular complexity index is 721. The number of phosphoric acid groups is 1. The fourth-order valence-electron chi connectivity index (χ4n) is 4.90. The molecule has 0 aliphatic carbocycles. The van der Waals surface area contributed by atoms with Crippen LogP contribution in [0.25, 0.3) is 0 Å². The minimum Gasteiger partial charge on any atom is -0.462 e. The molecule has 0 aliphatic rings. The van der Waals surface area contributed by atoms with Gasteiger partial charge in [-0.15, -0.1) is 0 Å². The van der Waals surface area contributed by atoms with Gasteiger partial charge in [-0.25, -0.2) is 4.57 Å². The fraction of sp³-hybridized carbons (Fsp3) is 0.882. The lowest BCUT2D eigenvalue weighted by Gasteiger charge is -2.18. The maximum atomic E-state index is 12.3. The molecule has 1 atom stereocenters. The molecule has 43 heavy (non-hydrogen) atoms. The summed E-state index contributed by atoms with van der Waals surface area (Å²) in [6, 6.07) is 0. The standard InChI is InChI=1S/C34H65O8P/c1-3-5-7-9-11-13-15-16-17-19-20-22-24-26-28-33(35)40-30-32(31-41-43(37,38)39)42-34(36)29-27-25-23-21-18-14-12-10-8-6-4-2/h15-16,32H,3-14,17-31H2,1-2H3,(H2,37,38,39)/b16-15-/t32-/m1/s1. The lowest BCUT2D eigenvalue weighted by Crippen LogP contribution is -2.29. The maximum absolute atomic E-state index is 12.3. The molecule has 8 nitrogen and oxygen atoms in total. The summed E-state index contributed by atoms with van der Waals surface area (Å²) in [7, 11) is -4.74. The van der Waals surface area contributed by atoms with Crippen LogP contribution in [0.4, 0.5) is 0 Å². The Labute approximate surface area is 263 Å². The summed E-state index contributed by atoms with van der Waals surface area (Å²) in [6.07, 6.45) is 30.7. The topological polar surface area (TPSA) is 119 Å². The van der Waals surface area contributed by atoms with Gasteiger partial charge in [0.15, 0.2) is 6.10 Å². The summed E-state index contributed by atoms with van der Waals surface area (Å²) in [5, 5.41) is 0. The van der Waals surface area contributed by atoms with E-state index in [4.69, 9.17) is 19.3 Å². The van der Waals surface area contributed by atoms with Crippen LogP contribution in [-0.2, 0) is 28.2 Å². The zero-order valence-corrected chi connectivity index (χ0v) is 28.5. The predicted molar refractivity (Wildman–Crippen MR) is 175 cm³/mol. The highest BCUT2D eigenvalue weighted by atomic mass is 31.2. The van der Waals surface area contributed by atoms with Crippen molar-refractivity contribution < 1.29 is 37.9 Å². The van der Waals surface area contributed by atoms with Gasteiger partial charge in [-0.1, -0.05) is 135 Å². The van der Waals surface area contributed by atoms with Crippen LogP contribution in [0.2, 0.25) is 0 Å². The molecule has 0 saturated carbocycles. The molecular weight excluding hydrogens is 567 g/mol. The molecule has 0 aromatic rings. The molecule has 0 bridgehead atoms. The molecule has 2 N–H and O–H groups in total. The first-order chi connectivity index (χ1) is 20.8. The van der Waals surface area contributed by atoms with Gasteiger partial charge in [0.1, 0.15) is 6.61 Å². The Balaban J connectivity index is 3.99. The Morgan fingerprint density at radius 3 is 1.42 bits per heavy atom. The number of esters is 2. The van der Waals surface area contributed by atoms with Crippen molar-refractivity contribution in [2.24, 2.45) is 0 Å². The maximum Gasteiger partial charge on any atom is 0.469 e. The lowest BCUT2D eigenvalue weighted by atomic mass is 10.1. The average molecular weight is 633 g/mol. The molecule has 0 rings (SSSR count).